The molecule has 5 nitrogen and oxygen atoms in total. The predicted molar refractivity (Wildman–Crippen MR) is 70.1 cm³/mol. The van der Waals surface area contributed by atoms with Crippen molar-refractivity contribution in [2.45, 2.75) is 18.2 Å². The van der Waals surface area contributed by atoms with E-state index in [1.807, 2.05) is 0 Å². The molecule has 0 saturated carbocycles. The van der Waals surface area contributed by atoms with Gasteiger partial charge in [0.15, 0.2) is 5.75 Å². The van der Waals surface area contributed by atoms with Crippen LogP contribution in [-0.2, 0) is 13.8 Å². The zero-order valence-electron chi connectivity index (χ0n) is 10.4. The molecule has 1 rings (SSSR count). The van der Waals surface area contributed by atoms with Crippen LogP contribution in [0.3, 0.4) is 0 Å². The van der Waals surface area contributed by atoms with Gasteiger partial charge in [0.05, 0.1) is 18.8 Å². The van der Waals surface area contributed by atoms with Gasteiger partial charge in [0.25, 0.3) is 15.5 Å². The topological polar surface area (TPSA) is 63.7 Å². The Morgan fingerprint density at radius 3 is 2.55 bits per heavy atom. The number of carbonyl (C=O) groups is 1. The van der Waals surface area contributed by atoms with Crippen molar-refractivity contribution >= 4 is 31.8 Å². The molecule has 0 fully saturated rings. The number of amides is 1. The summed E-state index contributed by atoms with van der Waals surface area (Å²) in [6, 6.07) is 3.75. The average Bonchev–Trinajstić information content (AvgIpc) is 2.35. The largest absolute Gasteiger partial charge is 0.490 e. The smallest absolute Gasteiger partial charge is 0.265 e. The molecule has 20 heavy (non-hydrogen) atoms. The summed E-state index contributed by atoms with van der Waals surface area (Å²) >= 11 is 0. The maximum Gasteiger partial charge on any atom is 0.265 e. The standard InChI is InChI=1S/C11H12ClF2NO4S/c1-2-19-11-8(15(7-16)6-10(13)14)4-3-5-9(11)20(12,17)18/h3-5,7,10H,2,6H2,1H3. The number of para-hydroxylation sites is 1. The van der Waals surface area contributed by atoms with Crippen molar-refractivity contribution in [3.05, 3.63) is 18.2 Å². The van der Waals surface area contributed by atoms with E-state index in [9.17, 15) is 22.0 Å². The van der Waals surface area contributed by atoms with Crippen molar-refractivity contribution in [3.8, 4) is 5.75 Å². The average molecular weight is 328 g/mol. The van der Waals surface area contributed by atoms with Gasteiger partial charge in [-0.25, -0.2) is 17.2 Å². The van der Waals surface area contributed by atoms with Crippen LogP contribution >= 0.6 is 10.7 Å². The van der Waals surface area contributed by atoms with Crippen molar-refractivity contribution in [1.29, 1.82) is 0 Å². The Morgan fingerprint density at radius 2 is 2.10 bits per heavy atom. The van der Waals surface area contributed by atoms with E-state index in [0.717, 1.165) is 0 Å². The Balaban J connectivity index is 3.41. The summed E-state index contributed by atoms with van der Waals surface area (Å²) in [5.74, 6) is -0.224. The molecule has 1 aromatic rings. The number of ether oxygens (including phenoxy) is 1. The number of hydrogen-bond donors (Lipinski definition) is 0. The maximum atomic E-state index is 12.4. The first kappa shape index (κ1) is 16.6. The van der Waals surface area contributed by atoms with E-state index < -0.39 is 22.0 Å². The van der Waals surface area contributed by atoms with Crippen LogP contribution in [0.2, 0.25) is 0 Å². The second-order valence-electron chi connectivity index (χ2n) is 3.62. The van der Waals surface area contributed by atoms with E-state index in [2.05, 4.69) is 0 Å². The van der Waals surface area contributed by atoms with Crippen molar-refractivity contribution in [2.24, 2.45) is 0 Å². The first-order chi connectivity index (χ1) is 9.31. The van der Waals surface area contributed by atoms with Gasteiger partial charge in [-0.15, -0.1) is 0 Å². The number of carbonyl (C=O) groups excluding carboxylic acids is 1. The highest BCUT2D eigenvalue weighted by Gasteiger charge is 2.24. The highest BCUT2D eigenvalue weighted by Crippen LogP contribution is 2.36. The summed E-state index contributed by atoms with van der Waals surface area (Å²) in [6.45, 7) is 0.785. The normalized spacial score (nSPS) is 11.4. The van der Waals surface area contributed by atoms with E-state index in [-0.39, 0.29) is 29.3 Å². The number of hydrogen-bond acceptors (Lipinski definition) is 4. The summed E-state index contributed by atoms with van der Waals surface area (Å²) in [6.07, 6.45) is -2.60. The van der Waals surface area contributed by atoms with Crippen LogP contribution in [-0.4, -0.2) is 34.4 Å². The molecule has 0 spiro atoms. The molecule has 9 heteroatoms. The van der Waals surface area contributed by atoms with Crippen LogP contribution in [0, 0.1) is 0 Å². The van der Waals surface area contributed by atoms with Crippen molar-refractivity contribution < 1.29 is 26.7 Å². The third-order valence-corrected chi connectivity index (χ3v) is 3.63. The van der Waals surface area contributed by atoms with Crippen molar-refractivity contribution in [1.82, 2.24) is 0 Å². The van der Waals surface area contributed by atoms with Crippen LogP contribution in [0.15, 0.2) is 23.1 Å². The Labute approximate surface area is 119 Å². The molecule has 0 bridgehead atoms. The van der Waals surface area contributed by atoms with Gasteiger partial charge in [-0.05, 0) is 19.1 Å². The molecular formula is C11H12ClF2NO4S. The molecule has 1 amide bonds. The second-order valence-corrected chi connectivity index (χ2v) is 6.16. The van der Waals surface area contributed by atoms with E-state index in [1.165, 1.54) is 18.2 Å². The summed E-state index contributed by atoms with van der Waals surface area (Å²) in [5, 5.41) is 0. The number of rotatable bonds is 7. The fourth-order valence-corrected chi connectivity index (χ4v) is 2.55. The predicted octanol–water partition coefficient (Wildman–Crippen LogP) is 2.24. The molecule has 0 radical (unpaired) electrons. The summed E-state index contributed by atoms with van der Waals surface area (Å²) in [7, 11) is 1.13. The second kappa shape index (κ2) is 6.85. The summed E-state index contributed by atoms with van der Waals surface area (Å²) < 4.78 is 52.9. The van der Waals surface area contributed by atoms with E-state index in [0.29, 0.717) is 4.90 Å². The monoisotopic (exact) mass is 327 g/mol. The number of alkyl halides is 2. The lowest BCUT2D eigenvalue weighted by Gasteiger charge is -2.21. The zero-order chi connectivity index (χ0) is 15.3. The third kappa shape index (κ3) is 4.04. The first-order valence-corrected chi connectivity index (χ1v) is 7.82. The molecule has 0 aliphatic carbocycles. The van der Waals surface area contributed by atoms with Gasteiger partial charge in [0.2, 0.25) is 6.41 Å². The summed E-state index contributed by atoms with van der Waals surface area (Å²) in [4.78, 5) is 11.2. The molecule has 0 atom stereocenters. The number of benzene rings is 1. The Kier molecular flexibility index (Phi) is 5.70. The lowest BCUT2D eigenvalue weighted by atomic mass is 10.2. The molecule has 0 aliphatic heterocycles. The van der Waals surface area contributed by atoms with E-state index in [4.69, 9.17) is 15.4 Å². The molecular weight excluding hydrogens is 316 g/mol. The fraction of sp³-hybridized carbons (Fsp3) is 0.364. The minimum Gasteiger partial charge on any atom is -0.490 e. The van der Waals surface area contributed by atoms with E-state index in [1.54, 1.807) is 6.92 Å². The Hall–Kier alpha value is -1.41. The molecule has 0 aliphatic rings. The lowest BCUT2D eigenvalue weighted by Crippen LogP contribution is -2.28. The molecule has 0 heterocycles. The van der Waals surface area contributed by atoms with E-state index >= 15 is 0 Å². The highest BCUT2D eigenvalue weighted by molar-refractivity contribution is 8.13. The minimum absolute atomic E-state index is 0.0797. The quantitative estimate of drug-likeness (QED) is 0.569. The van der Waals surface area contributed by atoms with Crippen LogP contribution < -0.4 is 9.64 Å². The first-order valence-electron chi connectivity index (χ1n) is 5.51. The van der Waals surface area contributed by atoms with Crippen LogP contribution in [0.5, 0.6) is 5.75 Å². The third-order valence-electron chi connectivity index (χ3n) is 2.28. The maximum absolute atomic E-state index is 12.4. The van der Waals surface area contributed by atoms with Gasteiger partial charge in [0, 0.05) is 10.7 Å². The van der Waals surface area contributed by atoms with Crippen molar-refractivity contribution in [2.75, 3.05) is 18.1 Å². The fourth-order valence-electron chi connectivity index (χ4n) is 1.56. The van der Waals surface area contributed by atoms with Crippen LogP contribution in [0.4, 0.5) is 14.5 Å². The van der Waals surface area contributed by atoms with Gasteiger partial charge in [-0.2, -0.15) is 0 Å². The number of halogens is 3. The molecule has 0 saturated heterocycles. The van der Waals surface area contributed by atoms with Crippen molar-refractivity contribution in [3.63, 3.8) is 0 Å². The molecule has 0 N–H and O–H groups in total. The Bertz CT molecular complexity index is 580. The minimum atomic E-state index is -4.13. The van der Waals surface area contributed by atoms with Gasteiger partial charge in [0.1, 0.15) is 4.90 Å². The van der Waals surface area contributed by atoms with Gasteiger partial charge in [-0.3, -0.25) is 4.79 Å². The SMILES string of the molecule is CCOc1c(N(C=O)CC(F)F)cccc1S(=O)(=O)Cl. The number of anilines is 1. The molecule has 1 aromatic carbocycles. The van der Waals surface area contributed by atoms with Gasteiger partial charge in [-0.1, -0.05) is 6.07 Å². The zero-order valence-corrected chi connectivity index (χ0v) is 12.0. The van der Waals surface area contributed by atoms with Crippen LogP contribution in [0.1, 0.15) is 6.92 Å². The Morgan fingerprint density at radius 1 is 1.45 bits per heavy atom. The lowest BCUT2D eigenvalue weighted by molar-refractivity contribution is -0.107. The van der Waals surface area contributed by atoms with Gasteiger partial charge >= 0.3 is 0 Å². The molecule has 0 unspecified atom stereocenters. The highest BCUT2D eigenvalue weighted by atomic mass is 35.7. The molecule has 0 aromatic heterocycles. The molecule has 112 valence electrons. The number of nitrogens with zero attached hydrogens (tertiary/aromatic N) is 1. The van der Waals surface area contributed by atoms with Crippen LogP contribution in [0.25, 0.3) is 0 Å². The summed E-state index contributed by atoms with van der Waals surface area (Å²) in [5.41, 5.74) is -0.0797. The van der Waals surface area contributed by atoms with Gasteiger partial charge < -0.3 is 9.64 Å².